The van der Waals surface area contributed by atoms with E-state index in [1.54, 1.807) is 0 Å². The summed E-state index contributed by atoms with van der Waals surface area (Å²) in [5.41, 5.74) is 5.89. The van der Waals surface area contributed by atoms with Crippen molar-refractivity contribution in [1.29, 1.82) is 0 Å². The van der Waals surface area contributed by atoms with E-state index in [1.165, 1.54) is 32.5 Å². The number of hydrogen-bond acceptors (Lipinski definition) is 5. The third-order valence-corrected chi connectivity index (χ3v) is 2.09. The van der Waals surface area contributed by atoms with E-state index < -0.39 is 0 Å². The minimum Gasteiger partial charge on any atom is -0.416 e. The molecule has 1 rings (SSSR count). The van der Waals surface area contributed by atoms with Crippen LogP contribution in [0.1, 0.15) is 34.6 Å². The number of nitrogens with two attached hydrogens (primary N) is 1. The second kappa shape index (κ2) is 4.57. The van der Waals surface area contributed by atoms with E-state index >= 15 is 0 Å². The third-order valence-electron chi connectivity index (χ3n) is 2.09. The Morgan fingerprint density at radius 1 is 1.25 bits per heavy atom. The van der Waals surface area contributed by atoms with Crippen molar-refractivity contribution in [3.63, 3.8) is 0 Å². The van der Waals surface area contributed by atoms with Gasteiger partial charge in [-0.15, -0.1) is 0 Å². The highest BCUT2D eigenvalue weighted by atomic mass is 16.5. The smallest absolute Gasteiger partial charge is 0.416 e. The molecule has 1 aromatic carbocycles. The Labute approximate surface area is 92.2 Å². The molecule has 0 atom stereocenters. The summed E-state index contributed by atoms with van der Waals surface area (Å²) < 4.78 is 4.47. The maximum absolute atomic E-state index is 11.4. The molecule has 0 fully saturated rings. The second-order valence-electron chi connectivity index (χ2n) is 3.20. The van der Waals surface area contributed by atoms with Crippen molar-refractivity contribution < 1.29 is 19.1 Å². The minimum absolute atomic E-state index is 0.0187. The Kier molecular flexibility index (Phi) is 3.40. The molecule has 0 aliphatic rings. The summed E-state index contributed by atoms with van der Waals surface area (Å²) in [6.07, 6.45) is 0. The first kappa shape index (κ1) is 11.9. The first-order valence-electron chi connectivity index (χ1n) is 4.47. The van der Waals surface area contributed by atoms with Gasteiger partial charge in [0.05, 0.1) is 11.3 Å². The van der Waals surface area contributed by atoms with Gasteiger partial charge in [0.1, 0.15) is 0 Å². The van der Waals surface area contributed by atoms with Crippen LogP contribution < -0.4 is 10.5 Å². The Morgan fingerprint density at radius 3 is 2.31 bits per heavy atom. The van der Waals surface area contributed by atoms with E-state index in [9.17, 15) is 14.4 Å². The zero-order valence-corrected chi connectivity index (χ0v) is 8.87. The predicted octanol–water partition coefficient (Wildman–Crippen LogP) is 1.12. The van der Waals surface area contributed by atoms with E-state index in [1.807, 2.05) is 0 Å². The number of carbonyl (C=O) groups excluding carboxylic acids is 3. The third kappa shape index (κ3) is 2.08. The number of hydrogen-bond donors (Lipinski definition) is 1. The average Bonchev–Trinajstić information content (AvgIpc) is 2.20. The molecule has 16 heavy (non-hydrogen) atoms. The molecule has 2 N–H and O–H groups in total. The Morgan fingerprint density at radius 2 is 1.88 bits per heavy atom. The van der Waals surface area contributed by atoms with Gasteiger partial charge in [-0.25, -0.2) is 4.79 Å². The van der Waals surface area contributed by atoms with Crippen LogP contribution in [0.5, 0.6) is 5.75 Å². The number of anilines is 1. The van der Waals surface area contributed by atoms with Crippen LogP contribution in [-0.2, 0) is 4.79 Å². The highest BCUT2D eigenvalue weighted by Crippen LogP contribution is 2.28. The molecule has 5 heteroatoms. The molecular formula is C11H10NO4. The van der Waals surface area contributed by atoms with E-state index in [4.69, 9.17) is 5.73 Å². The molecule has 0 saturated heterocycles. The van der Waals surface area contributed by atoms with Crippen LogP contribution in [-0.4, -0.2) is 18.0 Å². The molecule has 0 spiro atoms. The number of ether oxygens (including phenoxy) is 1. The highest BCUT2D eigenvalue weighted by Gasteiger charge is 2.18. The number of benzene rings is 1. The molecule has 0 bridgehead atoms. The fraction of sp³-hybridized carbons (Fsp3) is 0.182. The van der Waals surface area contributed by atoms with Gasteiger partial charge in [0.25, 0.3) is 0 Å². The van der Waals surface area contributed by atoms with Gasteiger partial charge < -0.3 is 10.5 Å². The lowest BCUT2D eigenvalue weighted by molar-refractivity contribution is 0.0981. The molecule has 1 radical (unpaired) electrons. The Hall–Kier alpha value is -2.17. The van der Waals surface area contributed by atoms with Gasteiger partial charge in [0.2, 0.25) is 0 Å². The van der Waals surface area contributed by atoms with Crippen LogP contribution >= 0.6 is 0 Å². The van der Waals surface area contributed by atoms with Crippen LogP contribution in [0.3, 0.4) is 0 Å². The SMILES string of the molecule is CC(=O)c1ccc(O[C]=O)c(N)c1C(C)=O. The van der Waals surface area contributed by atoms with E-state index in [2.05, 4.69) is 4.74 Å². The van der Waals surface area contributed by atoms with Gasteiger partial charge in [-0.2, -0.15) is 0 Å². The standard InChI is InChI=1S/C11H10NO4/c1-6(14)8-3-4-9(16-5-13)11(12)10(8)7(2)15/h3-4H,12H2,1-2H3. The summed E-state index contributed by atoms with van der Waals surface area (Å²) in [6.45, 7) is 3.82. The van der Waals surface area contributed by atoms with Gasteiger partial charge in [0, 0.05) is 5.56 Å². The summed E-state index contributed by atoms with van der Waals surface area (Å²) in [6, 6.07) is 2.74. The lowest BCUT2D eigenvalue weighted by Gasteiger charge is -2.10. The van der Waals surface area contributed by atoms with Gasteiger partial charge in [-0.3, -0.25) is 9.59 Å². The molecule has 0 aliphatic heterocycles. The number of Topliss-reactive ketones (excluding diaryl/α,β-unsaturated/α-hetero) is 2. The number of ketones is 2. The molecule has 0 unspecified atom stereocenters. The second-order valence-corrected chi connectivity index (χ2v) is 3.20. The zero-order chi connectivity index (χ0) is 12.3. The van der Waals surface area contributed by atoms with E-state index in [-0.39, 0.29) is 34.1 Å². The van der Waals surface area contributed by atoms with E-state index in [0.717, 1.165) is 0 Å². The molecule has 0 heterocycles. The number of nitrogen functional groups attached to an aromatic ring is 1. The van der Waals surface area contributed by atoms with Crippen LogP contribution in [0.15, 0.2) is 12.1 Å². The molecule has 83 valence electrons. The normalized spacial score (nSPS) is 9.62. The van der Waals surface area contributed by atoms with Crippen molar-refractivity contribution >= 4 is 23.7 Å². The van der Waals surface area contributed by atoms with Crippen LogP contribution in [0.25, 0.3) is 0 Å². The minimum atomic E-state index is -0.362. The first-order chi connectivity index (χ1) is 7.49. The quantitative estimate of drug-likeness (QED) is 0.606. The Balaban J connectivity index is 3.47. The topological polar surface area (TPSA) is 86.5 Å². The fourth-order valence-electron chi connectivity index (χ4n) is 1.41. The number of carbonyl (C=O) groups is 2. The largest absolute Gasteiger partial charge is 0.423 e. The van der Waals surface area contributed by atoms with Gasteiger partial charge in [-0.05, 0) is 26.0 Å². The van der Waals surface area contributed by atoms with Crippen LogP contribution in [0.4, 0.5) is 5.69 Å². The number of rotatable bonds is 4. The predicted molar refractivity (Wildman–Crippen MR) is 57.2 cm³/mol. The van der Waals surface area contributed by atoms with Crippen molar-refractivity contribution in [1.82, 2.24) is 0 Å². The lowest BCUT2D eigenvalue weighted by Crippen LogP contribution is -2.09. The fourth-order valence-corrected chi connectivity index (χ4v) is 1.41. The van der Waals surface area contributed by atoms with Crippen molar-refractivity contribution in [2.75, 3.05) is 5.73 Å². The summed E-state index contributed by atoms with van der Waals surface area (Å²) in [5, 5.41) is 0. The maximum Gasteiger partial charge on any atom is 0.423 e. The molecule has 1 aromatic rings. The van der Waals surface area contributed by atoms with Crippen LogP contribution in [0, 0.1) is 0 Å². The lowest BCUT2D eigenvalue weighted by atomic mass is 9.99. The maximum atomic E-state index is 11.4. The summed E-state index contributed by atoms with van der Waals surface area (Å²) >= 11 is 0. The van der Waals surface area contributed by atoms with Gasteiger partial charge in [-0.1, -0.05) is 0 Å². The molecule has 0 aliphatic carbocycles. The molecular weight excluding hydrogens is 210 g/mol. The molecule has 0 aromatic heterocycles. The summed E-state index contributed by atoms with van der Waals surface area (Å²) in [7, 11) is 0. The van der Waals surface area contributed by atoms with Crippen molar-refractivity contribution in [2.24, 2.45) is 0 Å². The monoisotopic (exact) mass is 220 g/mol. The van der Waals surface area contributed by atoms with Crippen molar-refractivity contribution in [3.05, 3.63) is 23.3 Å². The molecule has 5 nitrogen and oxygen atoms in total. The summed E-state index contributed by atoms with van der Waals surface area (Å²) in [4.78, 5) is 32.7. The molecule has 0 amide bonds. The van der Waals surface area contributed by atoms with Crippen molar-refractivity contribution in [3.8, 4) is 5.75 Å². The molecule has 0 saturated carbocycles. The van der Waals surface area contributed by atoms with Crippen LogP contribution in [0.2, 0.25) is 0 Å². The average molecular weight is 220 g/mol. The zero-order valence-electron chi connectivity index (χ0n) is 8.87. The Bertz CT molecular complexity index is 465. The van der Waals surface area contributed by atoms with E-state index in [0.29, 0.717) is 0 Å². The summed E-state index contributed by atoms with van der Waals surface area (Å²) in [5.74, 6) is -0.622. The highest BCUT2D eigenvalue weighted by molar-refractivity contribution is 6.11. The van der Waals surface area contributed by atoms with Gasteiger partial charge in [0.15, 0.2) is 17.3 Å². The van der Waals surface area contributed by atoms with Crippen molar-refractivity contribution in [2.45, 2.75) is 13.8 Å². The first-order valence-corrected chi connectivity index (χ1v) is 4.47. The van der Waals surface area contributed by atoms with Gasteiger partial charge >= 0.3 is 6.47 Å².